The molecule has 2 aliphatic rings. The first-order chi connectivity index (χ1) is 14.0. The maximum absolute atomic E-state index is 13.7. The van der Waals surface area contributed by atoms with Gasteiger partial charge in [-0.15, -0.1) is 0 Å². The third-order valence-corrected chi connectivity index (χ3v) is 6.08. The lowest BCUT2D eigenvalue weighted by Gasteiger charge is -2.36. The van der Waals surface area contributed by atoms with Gasteiger partial charge in [-0.25, -0.2) is 31.9 Å². The Morgan fingerprint density at radius 1 is 1.23 bits per heavy atom. The molecule has 1 saturated heterocycles. The number of carbonyl (C=O) groups is 1. The molecule has 1 aliphatic heterocycles. The maximum atomic E-state index is 13.7. The smallest absolute Gasteiger partial charge is 0.318 e. The third kappa shape index (κ3) is 4.07. The summed E-state index contributed by atoms with van der Waals surface area (Å²) in [4.78, 5) is 17.6. The van der Waals surface area contributed by atoms with Gasteiger partial charge in [0.05, 0.1) is 43.3 Å². The fraction of sp³-hybridized carbons (Fsp3) is 0.632. The van der Waals surface area contributed by atoms with Crippen LogP contribution in [0.3, 0.4) is 0 Å². The Labute approximate surface area is 170 Å². The van der Waals surface area contributed by atoms with Crippen molar-refractivity contribution in [3.63, 3.8) is 0 Å². The number of rotatable bonds is 4. The lowest BCUT2D eigenvalue weighted by atomic mass is 9.81. The molecule has 2 fully saturated rings. The number of halogens is 4. The van der Waals surface area contributed by atoms with Crippen LogP contribution in [0.15, 0.2) is 18.5 Å². The molecule has 3 heterocycles. The fourth-order valence-electron chi connectivity index (χ4n) is 4.14. The van der Waals surface area contributed by atoms with E-state index in [1.807, 2.05) is 0 Å². The van der Waals surface area contributed by atoms with E-state index >= 15 is 0 Å². The number of aromatic nitrogens is 3. The number of amides is 2. The van der Waals surface area contributed by atoms with Crippen LogP contribution in [0.4, 0.5) is 22.4 Å². The van der Waals surface area contributed by atoms with Crippen molar-refractivity contribution in [1.29, 1.82) is 0 Å². The second-order valence-electron chi connectivity index (χ2n) is 8.30. The molecule has 0 spiro atoms. The van der Waals surface area contributed by atoms with Crippen molar-refractivity contribution in [3.8, 4) is 0 Å². The van der Waals surface area contributed by atoms with Crippen molar-refractivity contribution < 1.29 is 22.4 Å². The molecule has 2 atom stereocenters. The number of hydrogen-bond acceptors (Lipinski definition) is 4. The van der Waals surface area contributed by atoms with Gasteiger partial charge in [0, 0.05) is 12.8 Å². The zero-order valence-electron chi connectivity index (χ0n) is 16.5. The molecule has 1 aliphatic carbocycles. The lowest BCUT2D eigenvalue weighted by molar-refractivity contribution is -0.0484. The molecule has 0 aromatic carbocycles. The summed E-state index contributed by atoms with van der Waals surface area (Å²) in [5, 5.41) is 6.46. The minimum Gasteiger partial charge on any atom is -0.332 e. The highest BCUT2D eigenvalue weighted by Gasteiger charge is 2.41. The molecule has 164 valence electrons. The zero-order chi connectivity index (χ0) is 21.7. The second-order valence-corrected chi connectivity index (χ2v) is 8.30. The second kappa shape index (κ2) is 7.36. The maximum Gasteiger partial charge on any atom is 0.318 e. The summed E-state index contributed by atoms with van der Waals surface area (Å²) in [5.41, 5.74) is 7.85. The summed E-state index contributed by atoms with van der Waals surface area (Å²) in [5.74, 6) is -5.73. The highest BCUT2D eigenvalue weighted by atomic mass is 19.3. The lowest BCUT2D eigenvalue weighted by Crippen LogP contribution is -2.57. The van der Waals surface area contributed by atoms with E-state index in [-0.39, 0.29) is 18.8 Å². The van der Waals surface area contributed by atoms with Crippen molar-refractivity contribution in [1.82, 2.24) is 24.8 Å². The fourth-order valence-corrected chi connectivity index (χ4v) is 4.14. The molecule has 0 bridgehead atoms. The molecule has 7 nitrogen and oxygen atoms in total. The van der Waals surface area contributed by atoms with Crippen molar-refractivity contribution >= 4 is 11.7 Å². The Morgan fingerprint density at radius 3 is 2.63 bits per heavy atom. The van der Waals surface area contributed by atoms with E-state index in [0.29, 0.717) is 29.7 Å². The summed E-state index contributed by atoms with van der Waals surface area (Å²) in [6.07, 6.45) is 3.45. The van der Waals surface area contributed by atoms with Crippen LogP contribution in [-0.2, 0) is 0 Å². The quantitative estimate of drug-likeness (QED) is 0.732. The summed E-state index contributed by atoms with van der Waals surface area (Å²) in [6, 6.07) is -0.0186. The monoisotopic (exact) mass is 428 g/mol. The number of alkyl halides is 4. The Bertz CT molecular complexity index is 938. The SMILES string of the molecule is C[C@H](c1cnn2cc([C@@H](N)C3CCC(F)(F)CC3)nc2c1)N1CC(F)(F)CNC1=O. The van der Waals surface area contributed by atoms with Gasteiger partial charge >= 0.3 is 6.03 Å². The molecule has 4 rings (SSSR count). The van der Waals surface area contributed by atoms with Gasteiger partial charge in [0.15, 0.2) is 5.65 Å². The summed E-state index contributed by atoms with van der Waals surface area (Å²) in [7, 11) is 0. The van der Waals surface area contributed by atoms with Gasteiger partial charge in [-0.05, 0) is 37.3 Å². The predicted molar refractivity (Wildman–Crippen MR) is 100 cm³/mol. The van der Waals surface area contributed by atoms with Crippen LogP contribution in [0, 0.1) is 5.92 Å². The number of nitrogens with zero attached hydrogens (tertiary/aromatic N) is 4. The Morgan fingerprint density at radius 2 is 1.93 bits per heavy atom. The van der Waals surface area contributed by atoms with Gasteiger partial charge in [0.1, 0.15) is 0 Å². The number of carbonyl (C=O) groups excluding carboxylic acids is 1. The van der Waals surface area contributed by atoms with E-state index in [1.165, 1.54) is 10.7 Å². The minimum atomic E-state index is -3.01. The van der Waals surface area contributed by atoms with E-state index < -0.39 is 43.0 Å². The molecule has 2 amide bonds. The highest BCUT2D eigenvalue weighted by molar-refractivity contribution is 5.76. The number of nitrogens with one attached hydrogen (secondary N) is 1. The van der Waals surface area contributed by atoms with Gasteiger partial charge in [-0.2, -0.15) is 5.10 Å². The zero-order valence-corrected chi connectivity index (χ0v) is 16.5. The van der Waals surface area contributed by atoms with Gasteiger partial charge in [-0.3, -0.25) is 0 Å². The topological polar surface area (TPSA) is 88.6 Å². The van der Waals surface area contributed by atoms with E-state index in [4.69, 9.17) is 5.73 Å². The predicted octanol–water partition coefficient (Wildman–Crippen LogP) is 3.28. The summed E-state index contributed by atoms with van der Waals surface area (Å²) < 4.78 is 55.8. The highest BCUT2D eigenvalue weighted by Crippen LogP contribution is 2.40. The van der Waals surface area contributed by atoms with Crippen molar-refractivity contribution in [2.24, 2.45) is 11.7 Å². The molecular formula is C19H24F4N6O. The molecule has 0 radical (unpaired) electrons. The van der Waals surface area contributed by atoms with E-state index in [1.54, 1.807) is 19.2 Å². The van der Waals surface area contributed by atoms with Gasteiger partial charge in [0.25, 0.3) is 5.92 Å². The largest absolute Gasteiger partial charge is 0.332 e. The Balaban J connectivity index is 1.53. The van der Waals surface area contributed by atoms with E-state index in [9.17, 15) is 22.4 Å². The first-order valence-corrected chi connectivity index (χ1v) is 9.96. The number of nitrogens with two attached hydrogens (primary N) is 1. The van der Waals surface area contributed by atoms with E-state index in [0.717, 1.165) is 4.90 Å². The molecule has 1 saturated carbocycles. The standard InChI is InChI=1S/C19H24F4N6O/c1-11(28-10-19(22,23)9-25-17(28)30)13-6-15-27-14(8-29(15)26-7-13)16(24)12-2-4-18(20,21)5-3-12/h6-8,11-12,16H,2-5,9-10,24H2,1H3,(H,25,30)/t11-,16+/m1/s1. The van der Waals surface area contributed by atoms with Gasteiger partial charge in [0.2, 0.25) is 5.92 Å². The van der Waals surface area contributed by atoms with Gasteiger partial charge < -0.3 is 16.0 Å². The van der Waals surface area contributed by atoms with Crippen molar-refractivity contribution in [2.45, 2.75) is 56.5 Å². The van der Waals surface area contributed by atoms with Crippen molar-refractivity contribution in [3.05, 3.63) is 29.7 Å². The summed E-state index contributed by atoms with van der Waals surface area (Å²) >= 11 is 0. The molecule has 0 unspecified atom stereocenters. The summed E-state index contributed by atoms with van der Waals surface area (Å²) in [6.45, 7) is 0.287. The van der Waals surface area contributed by atoms with Crippen LogP contribution in [0.2, 0.25) is 0 Å². The molecule has 2 aromatic heterocycles. The van der Waals surface area contributed by atoms with Crippen LogP contribution >= 0.6 is 0 Å². The van der Waals surface area contributed by atoms with Crippen LogP contribution in [0.25, 0.3) is 5.65 Å². The van der Waals surface area contributed by atoms with Gasteiger partial charge in [-0.1, -0.05) is 0 Å². The average molecular weight is 428 g/mol. The average Bonchev–Trinajstić information content (AvgIpc) is 3.12. The first kappa shape index (κ1) is 20.8. The molecule has 30 heavy (non-hydrogen) atoms. The first-order valence-electron chi connectivity index (χ1n) is 9.96. The third-order valence-electron chi connectivity index (χ3n) is 6.08. The molecule has 3 N–H and O–H groups in total. The Kier molecular flexibility index (Phi) is 5.11. The number of fused-ring (bicyclic) bond motifs is 1. The minimum absolute atomic E-state index is 0.0905. The van der Waals surface area contributed by atoms with Crippen LogP contribution in [0.5, 0.6) is 0 Å². The number of imidazole rings is 1. The molecular weight excluding hydrogens is 404 g/mol. The van der Waals surface area contributed by atoms with E-state index in [2.05, 4.69) is 15.4 Å². The van der Waals surface area contributed by atoms with Crippen LogP contribution in [-0.4, -0.2) is 50.5 Å². The molecule has 11 heteroatoms. The Hall–Kier alpha value is -2.43. The van der Waals surface area contributed by atoms with Crippen molar-refractivity contribution in [2.75, 3.05) is 13.1 Å². The van der Waals surface area contributed by atoms with Crippen LogP contribution < -0.4 is 11.1 Å². The number of urea groups is 1. The normalized spacial score (nSPS) is 23.9. The number of hydrogen-bond donors (Lipinski definition) is 2. The molecule has 2 aromatic rings. The van der Waals surface area contributed by atoms with Crippen LogP contribution in [0.1, 0.15) is 55.9 Å².